The molecule has 90 valence electrons. The third kappa shape index (κ3) is 2.16. The normalized spacial score (nSPS) is 12.6. The SMILES string of the molecule is CC(c1ccccc1F)n1c(CO)c[nH]c1=S. The van der Waals surface area contributed by atoms with Crippen molar-refractivity contribution in [2.75, 3.05) is 0 Å². The molecule has 0 aliphatic rings. The highest BCUT2D eigenvalue weighted by Crippen LogP contribution is 2.22. The van der Waals surface area contributed by atoms with Gasteiger partial charge in [-0.15, -0.1) is 0 Å². The molecule has 1 heterocycles. The number of rotatable bonds is 3. The molecule has 0 fully saturated rings. The minimum atomic E-state index is -0.271. The molecule has 5 heteroatoms. The van der Waals surface area contributed by atoms with Crippen molar-refractivity contribution in [3.8, 4) is 0 Å². The topological polar surface area (TPSA) is 41.0 Å². The van der Waals surface area contributed by atoms with E-state index in [1.807, 2.05) is 6.92 Å². The summed E-state index contributed by atoms with van der Waals surface area (Å²) in [6, 6.07) is 6.31. The molecule has 0 bridgehead atoms. The Morgan fingerprint density at radius 1 is 1.47 bits per heavy atom. The molecule has 0 aliphatic carbocycles. The Morgan fingerprint density at radius 3 is 2.82 bits per heavy atom. The van der Waals surface area contributed by atoms with Gasteiger partial charge in [0.25, 0.3) is 0 Å². The first-order valence-electron chi connectivity index (χ1n) is 5.29. The molecule has 1 atom stereocenters. The monoisotopic (exact) mass is 252 g/mol. The van der Waals surface area contributed by atoms with E-state index in [2.05, 4.69) is 4.98 Å². The predicted molar refractivity (Wildman–Crippen MR) is 65.8 cm³/mol. The van der Waals surface area contributed by atoms with Crippen molar-refractivity contribution < 1.29 is 9.50 Å². The van der Waals surface area contributed by atoms with Gasteiger partial charge in [-0.2, -0.15) is 0 Å². The summed E-state index contributed by atoms with van der Waals surface area (Å²) >= 11 is 5.13. The van der Waals surface area contributed by atoms with Gasteiger partial charge in [0.2, 0.25) is 0 Å². The quantitative estimate of drug-likeness (QED) is 0.825. The first kappa shape index (κ1) is 12.0. The van der Waals surface area contributed by atoms with Crippen LogP contribution >= 0.6 is 12.2 Å². The molecule has 0 aliphatic heterocycles. The number of nitrogens with zero attached hydrogens (tertiary/aromatic N) is 1. The molecule has 0 saturated heterocycles. The number of benzene rings is 1. The summed E-state index contributed by atoms with van der Waals surface area (Å²) in [5, 5.41) is 9.22. The Labute approximate surface area is 104 Å². The summed E-state index contributed by atoms with van der Waals surface area (Å²) in [6.07, 6.45) is 1.64. The van der Waals surface area contributed by atoms with Gasteiger partial charge in [0, 0.05) is 11.8 Å². The third-order valence-corrected chi connectivity index (χ3v) is 3.11. The molecule has 17 heavy (non-hydrogen) atoms. The van der Waals surface area contributed by atoms with Crippen molar-refractivity contribution in [3.63, 3.8) is 0 Å². The lowest BCUT2D eigenvalue weighted by Gasteiger charge is -2.17. The van der Waals surface area contributed by atoms with Gasteiger partial charge in [-0.25, -0.2) is 4.39 Å². The predicted octanol–water partition coefficient (Wildman–Crippen LogP) is 2.79. The lowest BCUT2D eigenvalue weighted by molar-refractivity contribution is 0.268. The van der Waals surface area contributed by atoms with Crippen LogP contribution in [0.1, 0.15) is 24.2 Å². The van der Waals surface area contributed by atoms with Crippen molar-refractivity contribution in [1.82, 2.24) is 9.55 Å². The number of hydrogen-bond donors (Lipinski definition) is 2. The molecule has 3 nitrogen and oxygen atoms in total. The van der Waals surface area contributed by atoms with Gasteiger partial charge in [0.1, 0.15) is 5.82 Å². The van der Waals surface area contributed by atoms with Crippen LogP contribution in [0.4, 0.5) is 4.39 Å². The fourth-order valence-electron chi connectivity index (χ4n) is 1.91. The fourth-order valence-corrected chi connectivity index (χ4v) is 2.25. The van der Waals surface area contributed by atoms with E-state index < -0.39 is 0 Å². The maximum Gasteiger partial charge on any atom is 0.177 e. The number of aliphatic hydroxyl groups excluding tert-OH is 1. The molecule has 1 aromatic heterocycles. The number of aromatic amines is 1. The number of H-pyrrole nitrogens is 1. The zero-order chi connectivity index (χ0) is 12.4. The van der Waals surface area contributed by atoms with Crippen molar-refractivity contribution in [2.45, 2.75) is 19.6 Å². The lowest BCUT2D eigenvalue weighted by Crippen LogP contribution is -2.11. The van der Waals surface area contributed by atoms with Gasteiger partial charge >= 0.3 is 0 Å². The molecule has 0 radical (unpaired) electrons. The van der Waals surface area contributed by atoms with Crippen LogP contribution < -0.4 is 0 Å². The molecule has 0 spiro atoms. The van der Waals surface area contributed by atoms with Crippen molar-refractivity contribution in [3.05, 3.63) is 52.3 Å². The van der Waals surface area contributed by atoms with Gasteiger partial charge in [0.15, 0.2) is 4.77 Å². The van der Waals surface area contributed by atoms with E-state index in [0.717, 1.165) is 0 Å². The van der Waals surface area contributed by atoms with Gasteiger partial charge in [-0.05, 0) is 25.2 Å². The summed E-state index contributed by atoms with van der Waals surface area (Å²) in [5.74, 6) is -0.271. The first-order valence-corrected chi connectivity index (χ1v) is 5.70. The zero-order valence-corrected chi connectivity index (χ0v) is 10.2. The van der Waals surface area contributed by atoms with Gasteiger partial charge < -0.3 is 14.7 Å². The van der Waals surface area contributed by atoms with Crippen LogP contribution in [0.15, 0.2) is 30.5 Å². The molecule has 0 saturated carbocycles. The summed E-state index contributed by atoms with van der Waals surface area (Å²) in [6.45, 7) is 1.72. The summed E-state index contributed by atoms with van der Waals surface area (Å²) in [5.41, 5.74) is 1.20. The number of imidazole rings is 1. The van der Waals surface area contributed by atoms with E-state index in [-0.39, 0.29) is 18.5 Å². The molecule has 2 N–H and O–H groups in total. The Hall–Kier alpha value is -1.46. The highest BCUT2D eigenvalue weighted by molar-refractivity contribution is 7.71. The van der Waals surface area contributed by atoms with Crippen LogP contribution in [0.25, 0.3) is 0 Å². The molecule has 2 rings (SSSR count). The van der Waals surface area contributed by atoms with E-state index in [4.69, 9.17) is 12.2 Å². The molecular formula is C12H13FN2OS. The summed E-state index contributed by atoms with van der Waals surface area (Å²) in [4.78, 5) is 2.85. The summed E-state index contributed by atoms with van der Waals surface area (Å²) in [7, 11) is 0. The maximum atomic E-state index is 13.7. The highest BCUT2D eigenvalue weighted by atomic mass is 32.1. The lowest BCUT2D eigenvalue weighted by atomic mass is 10.1. The second-order valence-corrected chi connectivity index (χ2v) is 4.20. The van der Waals surface area contributed by atoms with Crippen LogP contribution in [-0.2, 0) is 6.61 Å². The number of aromatic nitrogens is 2. The third-order valence-electron chi connectivity index (χ3n) is 2.80. The highest BCUT2D eigenvalue weighted by Gasteiger charge is 2.15. The summed E-state index contributed by atoms with van der Waals surface area (Å²) < 4.78 is 15.9. The smallest absolute Gasteiger partial charge is 0.177 e. The Kier molecular flexibility index (Phi) is 3.40. The molecular weight excluding hydrogens is 239 g/mol. The van der Waals surface area contributed by atoms with Crippen LogP contribution in [0.3, 0.4) is 0 Å². The van der Waals surface area contributed by atoms with Crippen LogP contribution in [0.5, 0.6) is 0 Å². The Bertz CT molecular complexity index is 576. The number of halogens is 1. The number of nitrogens with one attached hydrogen (secondary N) is 1. The fraction of sp³-hybridized carbons (Fsp3) is 0.250. The van der Waals surface area contributed by atoms with Crippen molar-refractivity contribution in [2.24, 2.45) is 0 Å². The van der Waals surface area contributed by atoms with Gasteiger partial charge in [-0.1, -0.05) is 18.2 Å². The van der Waals surface area contributed by atoms with E-state index in [0.29, 0.717) is 16.0 Å². The van der Waals surface area contributed by atoms with E-state index in [1.54, 1.807) is 29.0 Å². The standard InChI is InChI=1S/C12H13FN2OS/c1-8(10-4-2-3-5-11(10)13)15-9(7-16)6-14-12(15)17/h2-6,8,16H,7H2,1H3,(H,14,17). The van der Waals surface area contributed by atoms with Crippen LogP contribution in [0, 0.1) is 10.6 Å². The minimum Gasteiger partial charge on any atom is -0.390 e. The van der Waals surface area contributed by atoms with Crippen molar-refractivity contribution >= 4 is 12.2 Å². The number of hydrogen-bond acceptors (Lipinski definition) is 2. The minimum absolute atomic E-state index is 0.133. The average Bonchev–Trinajstić information content (AvgIpc) is 2.70. The van der Waals surface area contributed by atoms with Crippen LogP contribution in [-0.4, -0.2) is 14.7 Å². The Balaban J connectivity index is 2.51. The Morgan fingerprint density at radius 2 is 2.18 bits per heavy atom. The molecule has 0 amide bonds. The van der Waals surface area contributed by atoms with E-state index in [1.165, 1.54) is 6.07 Å². The van der Waals surface area contributed by atoms with Gasteiger partial charge in [0.05, 0.1) is 18.3 Å². The largest absolute Gasteiger partial charge is 0.390 e. The van der Waals surface area contributed by atoms with E-state index >= 15 is 0 Å². The molecule has 1 aromatic carbocycles. The van der Waals surface area contributed by atoms with E-state index in [9.17, 15) is 9.50 Å². The maximum absolute atomic E-state index is 13.7. The zero-order valence-electron chi connectivity index (χ0n) is 9.35. The number of aliphatic hydroxyl groups is 1. The first-order chi connectivity index (χ1) is 8.15. The average molecular weight is 252 g/mol. The molecule has 1 unspecified atom stereocenters. The van der Waals surface area contributed by atoms with Crippen LogP contribution in [0.2, 0.25) is 0 Å². The second-order valence-electron chi connectivity index (χ2n) is 3.81. The second kappa shape index (κ2) is 4.81. The van der Waals surface area contributed by atoms with Gasteiger partial charge in [-0.3, -0.25) is 0 Å². The molecule has 2 aromatic rings. The van der Waals surface area contributed by atoms with Crippen molar-refractivity contribution in [1.29, 1.82) is 0 Å².